The molecule has 0 saturated heterocycles. The number of nitrogens with zero attached hydrogens (tertiary/aromatic N) is 1. The first-order chi connectivity index (χ1) is 9.13. The Kier molecular flexibility index (Phi) is 4.76. The normalized spacial score (nSPS) is 25.1. The topological polar surface area (TPSA) is 3.24 Å². The average Bonchev–Trinajstić information content (AvgIpc) is 2.61. The van der Waals surface area contributed by atoms with Gasteiger partial charge in [0.25, 0.3) is 0 Å². The van der Waals surface area contributed by atoms with Crippen LogP contribution in [0.4, 0.5) is 0 Å². The molecule has 0 N–H and O–H groups in total. The minimum Gasteiger partial charge on any atom is -0.300 e. The molecule has 2 unspecified atom stereocenters. The molecule has 0 spiro atoms. The van der Waals surface area contributed by atoms with Crippen LogP contribution in [0.3, 0.4) is 0 Å². The third-order valence-corrected chi connectivity index (χ3v) is 4.78. The zero-order valence-corrected chi connectivity index (χ0v) is 13.0. The van der Waals surface area contributed by atoms with Crippen LogP contribution in [0.15, 0.2) is 60.0 Å². The van der Waals surface area contributed by atoms with Gasteiger partial charge >= 0.3 is 0 Å². The highest BCUT2D eigenvalue weighted by molar-refractivity contribution is 7.96. The van der Waals surface area contributed by atoms with Crippen LogP contribution in [-0.2, 0) is 0 Å². The Balaban J connectivity index is 2.18. The molecular formula is C17H23NS. The molecule has 19 heavy (non-hydrogen) atoms. The van der Waals surface area contributed by atoms with Crippen LogP contribution >= 0.6 is 11.9 Å². The maximum atomic E-state index is 2.33. The predicted octanol–water partition coefficient (Wildman–Crippen LogP) is 4.94. The van der Waals surface area contributed by atoms with Gasteiger partial charge in [0.1, 0.15) is 0 Å². The zero-order chi connectivity index (χ0) is 13.8. The predicted molar refractivity (Wildman–Crippen MR) is 86.4 cm³/mol. The van der Waals surface area contributed by atoms with Gasteiger partial charge in [0.05, 0.1) is 0 Å². The molecule has 0 fully saturated rings. The van der Waals surface area contributed by atoms with E-state index in [2.05, 4.69) is 80.2 Å². The Morgan fingerprint density at radius 3 is 2.47 bits per heavy atom. The fourth-order valence-electron chi connectivity index (χ4n) is 2.58. The molecule has 0 bridgehead atoms. The minimum absolute atomic E-state index is 0.489. The number of hydrogen-bond donors (Lipinski definition) is 0. The van der Waals surface area contributed by atoms with Crippen molar-refractivity contribution in [1.29, 1.82) is 0 Å². The number of rotatable bonds is 3. The van der Waals surface area contributed by atoms with Gasteiger partial charge in [-0.1, -0.05) is 55.9 Å². The SMILES string of the molecule is CSN1C=CC(C(C)C2=C(C)C(C)C=CC=C2)C=C1. The molecule has 2 atom stereocenters. The summed E-state index contributed by atoms with van der Waals surface area (Å²) in [5.74, 6) is 1.55. The van der Waals surface area contributed by atoms with Crippen molar-refractivity contribution in [1.82, 2.24) is 4.31 Å². The van der Waals surface area contributed by atoms with Crippen molar-refractivity contribution in [2.75, 3.05) is 6.26 Å². The van der Waals surface area contributed by atoms with Crippen LogP contribution in [0.5, 0.6) is 0 Å². The first kappa shape index (κ1) is 14.3. The van der Waals surface area contributed by atoms with Gasteiger partial charge in [0, 0.05) is 24.6 Å². The maximum Gasteiger partial charge on any atom is 0.0122 e. The van der Waals surface area contributed by atoms with E-state index >= 15 is 0 Å². The summed E-state index contributed by atoms with van der Waals surface area (Å²) < 4.78 is 2.14. The Morgan fingerprint density at radius 2 is 1.84 bits per heavy atom. The van der Waals surface area contributed by atoms with E-state index in [-0.39, 0.29) is 0 Å². The van der Waals surface area contributed by atoms with Crippen LogP contribution in [-0.4, -0.2) is 10.6 Å². The summed E-state index contributed by atoms with van der Waals surface area (Å²) in [7, 11) is 0. The fraction of sp³-hybridized carbons (Fsp3) is 0.412. The first-order valence-corrected chi connectivity index (χ1v) is 8.06. The van der Waals surface area contributed by atoms with Crippen LogP contribution in [0, 0.1) is 17.8 Å². The highest BCUT2D eigenvalue weighted by Gasteiger charge is 2.20. The molecular weight excluding hydrogens is 250 g/mol. The van der Waals surface area contributed by atoms with E-state index in [1.54, 1.807) is 11.9 Å². The third kappa shape index (κ3) is 3.24. The zero-order valence-electron chi connectivity index (χ0n) is 12.2. The highest BCUT2D eigenvalue weighted by atomic mass is 32.2. The lowest BCUT2D eigenvalue weighted by Gasteiger charge is -2.26. The second-order valence-electron chi connectivity index (χ2n) is 5.26. The molecule has 0 radical (unpaired) electrons. The molecule has 0 amide bonds. The van der Waals surface area contributed by atoms with E-state index in [4.69, 9.17) is 0 Å². The quantitative estimate of drug-likeness (QED) is 0.670. The second-order valence-corrected chi connectivity index (χ2v) is 6.05. The van der Waals surface area contributed by atoms with Crippen molar-refractivity contribution in [2.45, 2.75) is 20.8 Å². The van der Waals surface area contributed by atoms with Crippen LogP contribution in [0.1, 0.15) is 20.8 Å². The summed E-state index contributed by atoms with van der Waals surface area (Å²) in [6.07, 6.45) is 19.9. The Bertz CT molecular complexity index is 454. The van der Waals surface area contributed by atoms with E-state index in [0.29, 0.717) is 17.8 Å². The lowest BCUT2D eigenvalue weighted by molar-refractivity contribution is 0.558. The van der Waals surface area contributed by atoms with E-state index in [0.717, 1.165) is 0 Å². The fourth-order valence-corrected chi connectivity index (χ4v) is 2.97. The van der Waals surface area contributed by atoms with Gasteiger partial charge in [-0.3, -0.25) is 4.31 Å². The molecule has 1 heterocycles. The molecule has 0 aromatic rings. The minimum atomic E-state index is 0.489. The summed E-state index contributed by atoms with van der Waals surface area (Å²) in [5.41, 5.74) is 2.97. The molecule has 0 aromatic heterocycles. The van der Waals surface area contributed by atoms with Crippen LogP contribution in [0.2, 0.25) is 0 Å². The smallest absolute Gasteiger partial charge is 0.0122 e. The summed E-state index contributed by atoms with van der Waals surface area (Å²) in [5, 5.41) is 0. The molecule has 0 saturated carbocycles. The van der Waals surface area contributed by atoms with Gasteiger partial charge in [-0.05, 0) is 36.3 Å². The van der Waals surface area contributed by atoms with Crippen LogP contribution < -0.4 is 0 Å². The molecule has 2 rings (SSSR count). The van der Waals surface area contributed by atoms with Crippen molar-refractivity contribution in [2.24, 2.45) is 17.8 Å². The highest BCUT2D eigenvalue weighted by Crippen LogP contribution is 2.32. The second kappa shape index (κ2) is 6.33. The van der Waals surface area contributed by atoms with Crippen molar-refractivity contribution in [3.05, 3.63) is 60.0 Å². The molecule has 1 aliphatic heterocycles. The van der Waals surface area contributed by atoms with Crippen LogP contribution in [0.25, 0.3) is 0 Å². The molecule has 2 aliphatic rings. The Labute approximate surface area is 121 Å². The monoisotopic (exact) mass is 273 g/mol. The standard InChI is InChI=1S/C17H23NS/c1-13-7-5-6-8-17(14(13)2)15(3)16-9-11-18(19-4)12-10-16/h5-13,15-16H,1-4H3. The van der Waals surface area contributed by atoms with Gasteiger partial charge in [0.15, 0.2) is 0 Å². The van der Waals surface area contributed by atoms with Gasteiger partial charge in [-0.25, -0.2) is 0 Å². The molecule has 1 aliphatic carbocycles. The number of hydrogen-bond acceptors (Lipinski definition) is 2. The summed E-state index contributed by atoms with van der Waals surface area (Å²) >= 11 is 1.72. The summed E-state index contributed by atoms with van der Waals surface area (Å²) in [4.78, 5) is 0. The number of allylic oxidation sites excluding steroid dienone is 8. The molecule has 102 valence electrons. The van der Waals surface area contributed by atoms with E-state index < -0.39 is 0 Å². The lowest BCUT2D eigenvalue weighted by atomic mass is 9.82. The van der Waals surface area contributed by atoms with Gasteiger partial charge in [-0.2, -0.15) is 0 Å². The Hall–Kier alpha value is -1.15. The Morgan fingerprint density at radius 1 is 1.16 bits per heavy atom. The maximum absolute atomic E-state index is 2.33. The van der Waals surface area contributed by atoms with Crippen molar-refractivity contribution in [3.63, 3.8) is 0 Å². The van der Waals surface area contributed by atoms with Gasteiger partial charge in [0.2, 0.25) is 0 Å². The lowest BCUT2D eigenvalue weighted by Crippen LogP contribution is -2.15. The van der Waals surface area contributed by atoms with Crippen molar-refractivity contribution >= 4 is 11.9 Å². The van der Waals surface area contributed by atoms with Gasteiger partial charge in [-0.15, -0.1) is 0 Å². The van der Waals surface area contributed by atoms with Gasteiger partial charge < -0.3 is 0 Å². The average molecular weight is 273 g/mol. The third-order valence-electron chi connectivity index (χ3n) is 4.11. The van der Waals surface area contributed by atoms with E-state index in [1.165, 1.54) is 11.1 Å². The first-order valence-electron chi connectivity index (χ1n) is 6.88. The molecule has 0 aromatic carbocycles. The summed E-state index contributed by atoms with van der Waals surface area (Å²) in [6, 6.07) is 0. The van der Waals surface area contributed by atoms with Crippen molar-refractivity contribution in [3.8, 4) is 0 Å². The largest absolute Gasteiger partial charge is 0.300 e. The molecule has 2 heteroatoms. The van der Waals surface area contributed by atoms with Crippen molar-refractivity contribution < 1.29 is 0 Å². The van der Waals surface area contributed by atoms with E-state index in [1.807, 2.05) is 0 Å². The summed E-state index contributed by atoms with van der Waals surface area (Å²) in [6.45, 7) is 6.86. The van der Waals surface area contributed by atoms with E-state index in [9.17, 15) is 0 Å². The molecule has 1 nitrogen and oxygen atoms in total.